The molecule has 0 aliphatic heterocycles. The van der Waals surface area contributed by atoms with Crippen LogP contribution in [0.25, 0.3) is 0 Å². The Hall–Kier alpha value is -0.570. The molecule has 3 heteroatoms. The Kier molecular flexibility index (Phi) is 9.30. The maximum absolute atomic E-state index is 10.5. The molecule has 0 unspecified atom stereocenters. The van der Waals surface area contributed by atoms with E-state index in [-0.39, 0.29) is 6.42 Å². The normalized spacial score (nSPS) is 11.3. The van der Waals surface area contributed by atoms with Crippen molar-refractivity contribution < 1.29 is 9.90 Å². The summed E-state index contributed by atoms with van der Waals surface area (Å²) >= 11 is 0. The van der Waals surface area contributed by atoms with E-state index < -0.39 is 5.97 Å². The molecule has 0 saturated carbocycles. The minimum absolute atomic E-state index is 0.268. The molecule has 0 aliphatic rings. The molecule has 3 nitrogen and oxygen atoms in total. The third kappa shape index (κ3) is 9.97. The second-order valence-corrected chi connectivity index (χ2v) is 4.88. The van der Waals surface area contributed by atoms with Gasteiger partial charge < -0.3 is 10.0 Å². The van der Waals surface area contributed by atoms with E-state index >= 15 is 0 Å². The molecule has 0 amide bonds. The van der Waals surface area contributed by atoms with Crippen LogP contribution >= 0.6 is 0 Å². The number of rotatable bonds is 10. The summed E-state index contributed by atoms with van der Waals surface area (Å²) < 4.78 is 0. The van der Waals surface area contributed by atoms with Gasteiger partial charge in [-0.05, 0) is 31.8 Å². The van der Waals surface area contributed by atoms with E-state index in [1.807, 2.05) is 0 Å². The van der Waals surface area contributed by atoms with Crippen LogP contribution in [0.5, 0.6) is 0 Å². The Bertz CT molecular complexity index is 181. The van der Waals surface area contributed by atoms with Crippen LogP contribution in [0.2, 0.25) is 0 Å². The minimum atomic E-state index is -0.690. The van der Waals surface area contributed by atoms with Crippen molar-refractivity contribution in [1.82, 2.24) is 4.90 Å². The number of carbonyl (C=O) groups is 1. The average Bonchev–Trinajstić information content (AvgIpc) is 2.21. The summed E-state index contributed by atoms with van der Waals surface area (Å²) in [6.07, 6.45) is 5.08. The van der Waals surface area contributed by atoms with Gasteiger partial charge in [-0.25, -0.2) is 0 Å². The lowest BCUT2D eigenvalue weighted by Crippen LogP contribution is -2.29. The van der Waals surface area contributed by atoms with Gasteiger partial charge in [0.05, 0.1) is 6.42 Å². The summed E-state index contributed by atoms with van der Waals surface area (Å²) in [6.45, 7) is 9.40. The van der Waals surface area contributed by atoms with E-state index in [1.54, 1.807) is 0 Å². The molecule has 0 aromatic rings. The first-order valence-corrected chi connectivity index (χ1v) is 6.50. The van der Waals surface area contributed by atoms with Gasteiger partial charge in [0.15, 0.2) is 0 Å². The van der Waals surface area contributed by atoms with E-state index in [4.69, 9.17) is 5.11 Å². The van der Waals surface area contributed by atoms with Gasteiger partial charge in [0, 0.05) is 6.54 Å². The van der Waals surface area contributed by atoms with E-state index in [2.05, 4.69) is 25.7 Å². The van der Waals surface area contributed by atoms with Crippen molar-refractivity contribution in [2.45, 2.75) is 52.9 Å². The molecule has 96 valence electrons. The largest absolute Gasteiger partial charge is 0.481 e. The van der Waals surface area contributed by atoms with Crippen molar-refractivity contribution in [2.24, 2.45) is 5.92 Å². The number of hydrogen-bond acceptors (Lipinski definition) is 2. The lowest BCUT2D eigenvalue weighted by atomic mass is 10.1. The van der Waals surface area contributed by atoms with Gasteiger partial charge in [-0.3, -0.25) is 4.79 Å². The molecule has 0 bridgehead atoms. The molecular formula is C13H27NO2. The van der Waals surface area contributed by atoms with E-state index in [0.29, 0.717) is 12.5 Å². The van der Waals surface area contributed by atoms with E-state index in [1.165, 1.54) is 19.3 Å². The molecule has 0 aromatic carbocycles. The van der Waals surface area contributed by atoms with Gasteiger partial charge in [0.1, 0.15) is 0 Å². The Labute approximate surface area is 99.8 Å². The van der Waals surface area contributed by atoms with Gasteiger partial charge in [-0.2, -0.15) is 0 Å². The van der Waals surface area contributed by atoms with Crippen LogP contribution in [0, 0.1) is 5.92 Å². The summed E-state index contributed by atoms with van der Waals surface area (Å²) in [7, 11) is 0. The van der Waals surface area contributed by atoms with Crippen molar-refractivity contribution in [3.8, 4) is 0 Å². The SMILES string of the molecule is CCCCCN(CCC(=O)O)CCC(C)C. The standard InChI is InChI=1S/C13H27NO2/c1-4-5-6-9-14(10-7-12(2)3)11-8-13(15)16/h12H,4-11H2,1-3H3,(H,15,16). The average molecular weight is 229 g/mol. The summed E-state index contributed by atoms with van der Waals surface area (Å²) in [4.78, 5) is 12.8. The summed E-state index contributed by atoms with van der Waals surface area (Å²) in [5.41, 5.74) is 0. The topological polar surface area (TPSA) is 40.5 Å². The van der Waals surface area contributed by atoms with E-state index in [0.717, 1.165) is 19.5 Å². The van der Waals surface area contributed by atoms with Gasteiger partial charge in [-0.1, -0.05) is 33.6 Å². The Morgan fingerprint density at radius 3 is 2.38 bits per heavy atom. The monoisotopic (exact) mass is 229 g/mol. The van der Waals surface area contributed by atoms with Crippen LogP contribution in [0.3, 0.4) is 0 Å². The van der Waals surface area contributed by atoms with Gasteiger partial charge >= 0.3 is 5.97 Å². The number of unbranched alkanes of at least 4 members (excludes halogenated alkanes) is 2. The first kappa shape index (κ1) is 15.4. The van der Waals surface area contributed by atoms with Crippen LogP contribution in [-0.4, -0.2) is 35.6 Å². The van der Waals surface area contributed by atoms with Crippen molar-refractivity contribution in [3.05, 3.63) is 0 Å². The van der Waals surface area contributed by atoms with Crippen molar-refractivity contribution >= 4 is 5.97 Å². The smallest absolute Gasteiger partial charge is 0.304 e. The summed E-state index contributed by atoms with van der Waals surface area (Å²) in [6, 6.07) is 0. The molecule has 0 saturated heterocycles. The highest BCUT2D eigenvalue weighted by Gasteiger charge is 2.07. The fraction of sp³-hybridized carbons (Fsp3) is 0.923. The molecule has 1 N–H and O–H groups in total. The van der Waals surface area contributed by atoms with Gasteiger partial charge in [-0.15, -0.1) is 0 Å². The highest BCUT2D eigenvalue weighted by molar-refractivity contribution is 5.66. The molecule has 0 aliphatic carbocycles. The molecule has 16 heavy (non-hydrogen) atoms. The van der Waals surface area contributed by atoms with Crippen LogP contribution in [-0.2, 0) is 4.79 Å². The second kappa shape index (κ2) is 9.64. The van der Waals surface area contributed by atoms with Gasteiger partial charge in [0.2, 0.25) is 0 Å². The molecule has 0 spiro atoms. The Balaban J connectivity index is 3.80. The Morgan fingerprint density at radius 2 is 1.88 bits per heavy atom. The van der Waals surface area contributed by atoms with Crippen molar-refractivity contribution in [1.29, 1.82) is 0 Å². The van der Waals surface area contributed by atoms with Crippen molar-refractivity contribution in [2.75, 3.05) is 19.6 Å². The molecule has 0 atom stereocenters. The first-order valence-electron chi connectivity index (χ1n) is 6.50. The highest BCUT2D eigenvalue weighted by Crippen LogP contribution is 2.05. The zero-order chi connectivity index (χ0) is 12.4. The minimum Gasteiger partial charge on any atom is -0.481 e. The molecule has 0 heterocycles. The lowest BCUT2D eigenvalue weighted by Gasteiger charge is -2.22. The van der Waals surface area contributed by atoms with Crippen LogP contribution < -0.4 is 0 Å². The third-order valence-corrected chi connectivity index (χ3v) is 2.74. The quantitative estimate of drug-likeness (QED) is 0.585. The fourth-order valence-corrected chi connectivity index (χ4v) is 1.62. The van der Waals surface area contributed by atoms with Gasteiger partial charge in [0.25, 0.3) is 0 Å². The maximum Gasteiger partial charge on any atom is 0.304 e. The number of nitrogens with zero attached hydrogens (tertiary/aromatic N) is 1. The predicted octanol–water partition coefficient (Wildman–Crippen LogP) is 3.00. The summed E-state index contributed by atoms with van der Waals surface area (Å²) in [5.74, 6) is 0.00328. The van der Waals surface area contributed by atoms with E-state index in [9.17, 15) is 4.79 Å². The molecule has 0 radical (unpaired) electrons. The van der Waals surface area contributed by atoms with Crippen molar-refractivity contribution in [3.63, 3.8) is 0 Å². The Morgan fingerprint density at radius 1 is 1.19 bits per heavy atom. The second-order valence-electron chi connectivity index (χ2n) is 4.88. The maximum atomic E-state index is 10.5. The fourth-order valence-electron chi connectivity index (χ4n) is 1.62. The molecule has 0 fully saturated rings. The highest BCUT2D eigenvalue weighted by atomic mass is 16.4. The molecular weight excluding hydrogens is 202 g/mol. The number of carboxylic acid groups (broad SMARTS) is 1. The van der Waals surface area contributed by atoms with Crippen LogP contribution in [0.15, 0.2) is 0 Å². The zero-order valence-corrected chi connectivity index (χ0v) is 11.0. The number of aliphatic carboxylic acids is 1. The van der Waals surface area contributed by atoms with Crippen LogP contribution in [0.4, 0.5) is 0 Å². The first-order chi connectivity index (χ1) is 7.56. The molecule has 0 rings (SSSR count). The molecule has 0 aromatic heterocycles. The predicted molar refractivity (Wildman–Crippen MR) is 67.7 cm³/mol. The number of carboxylic acids is 1. The summed E-state index contributed by atoms with van der Waals surface area (Å²) in [5, 5.41) is 8.68. The number of hydrogen-bond donors (Lipinski definition) is 1. The third-order valence-electron chi connectivity index (χ3n) is 2.74. The zero-order valence-electron chi connectivity index (χ0n) is 11.0. The lowest BCUT2D eigenvalue weighted by molar-refractivity contribution is -0.137. The van der Waals surface area contributed by atoms with Crippen LogP contribution in [0.1, 0.15) is 52.9 Å².